The number of benzene rings is 1. The number of nitriles is 1. The van der Waals surface area contributed by atoms with E-state index in [9.17, 15) is 4.79 Å². The molecule has 170 valence electrons. The van der Waals surface area contributed by atoms with Crippen LogP contribution in [0, 0.1) is 11.3 Å². The zero-order valence-corrected chi connectivity index (χ0v) is 18.6. The summed E-state index contributed by atoms with van der Waals surface area (Å²) in [5.41, 5.74) is 8.44. The number of aromatic nitrogens is 3. The second-order valence-corrected chi connectivity index (χ2v) is 7.58. The number of nitrogens with one attached hydrogen (secondary N) is 1. The fraction of sp³-hybridized carbons (Fsp3) is 0.200. The van der Waals surface area contributed by atoms with E-state index < -0.39 is 11.5 Å². The highest BCUT2D eigenvalue weighted by Crippen LogP contribution is 2.33. The molecule has 0 bridgehead atoms. The third-order valence-electron chi connectivity index (χ3n) is 5.35. The van der Waals surface area contributed by atoms with Gasteiger partial charge in [-0.15, -0.1) is 0 Å². The standard InChI is InChI=1S/C25H23N7O2/c1-2-34-23(33)20-16-30-24(32-22(20)18-6-4-17(14-26)5-7-18)28-13-11-25(10-3-12-31-25)21-9-8-19(27)15-29-21/h3-10,12,15-16H,2,11,13,27H2,1H3,(H,28,30,32). The lowest BCUT2D eigenvalue weighted by Gasteiger charge is -2.24. The van der Waals surface area contributed by atoms with Crippen molar-refractivity contribution < 1.29 is 9.53 Å². The SMILES string of the molecule is CCOC(=O)c1cnc(NCCC2(c3ccc(N)cn3)C=CC=N2)nc1-c1ccc(C#N)cc1. The molecule has 1 aromatic carbocycles. The van der Waals surface area contributed by atoms with Crippen molar-refractivity contribution in [1.29, 1.82) is 5.26 Å². The van der Waals surface area contributed by atoms with E-state index in [2.05, 4.69) is 31.3 Å². The van der Waals surface area contributed by atoms with Gasteiger partial charge in [0.05, 0.1) is 41.5 Å². The molecule has 3 heterocycles. The fourth-order valence-electron chi connectivity index (χ4n) is 3.62. The number of nitrogens with zero attached hydrogens (tertiary/aromatic N) is 5. The molecule has 0 spiro atoms. The zero-order valence-electron chi connectivity index (χ0n) is 18.6. The van der Waals surface area contributed by atoms with Crippen LogP contribution in [-0.2, 0) is 10.3 Å². The van der Waals surface area contributed by atoms with Gasteiger partial charge in [0.1, 0.15) is 11.1 Å². The van der Waals surface area contributed by atoms with Crippen molar-refractivity contribution in [2.75, 3.05) is 24.2 Å². The molecule has 9 nitrogen and oxygen atoms in total. The number of nitrogen functional groups attached to an aromatic ring is 1. The predicted octanol–water partition coefficient (Wildman–Crippen LogP) is 3.51. The predicted molar refractivity (Wildman–Crippen MR) is 129 cm³/mol. The van der Waals surface area contributed by atoms with Crippen LogP contribution in [0.15, 0.2) is 65.9 Å². The van der Waals surface area contributed by atoms with Crippen LogP contribution in [-0.4, -0.2) is 40.3 Å². The van der Waals surface area contributed by atoms with Gasteiger partial charge in [-0.2, -0.15) is 5.26 Å². The van der Waals surface area contributed by atoms with Crippen LogP contribution in [0.2, 0.25) is 0 Å². The molecule has 2 aromatic heterocycles. The Balaban J connectivity index is 1.56. The van der Waals surface area contributed by atoms with Crippen LogP contribution in [0.5, 0.6) is 0 Å². The second-order valence-electron chi connectivity index (χ2n) is 7.58. The average molecular weight is 454 g/mol. The molecule has 0 saturated heterocycles. The molecule has 1 unspecified atom stereocenters. The van der Waals surface area contributed by atoms with Crippen molar-refractivity contribution >= 4 is 23.8 Å². The van der Waals surface area contributed by atoms with Crippen LogP contribution in [0.3, 0.4) is 0 Å². The largest absolute Gasteiger partial charge is 0.462 e. The summed E-state index contributed by atoms with van der Waals surface area (Å²) in [5.74, 6) is -0.147. The number of anilines is 2. The molecule has 1 atom stereocenters. The summed E-state index contributed by atoms with van der Waals surface area (Å²) in [6, 6.07) is 12.6. The first-order chi connectivity index (χ1) is 16.5. The van der Waals surface area contributed by atoms with Gasteiger partial charge in [-0.05, 0) is 49.8 Å². The molecule has 4 rings (SSSR count). The number of pyridine rings is 1. The van der Waals surface area contributed by atoms with Gasteiger partial charge in [0.25, 0.3) is 0 Å². The molecule has 0 amide bonds. The third-order valence-corrected chi connectivity index (χ3v) is 5.35. The summed E-state index contributed by atoms with van der Waals surface area (Å²) >= 11 is 0. The van der Waals surface area contributed by atoms with Gasteiger partial charge in [0, 0.05) is 24.5 Å². The highest BCUT2D eigenvalue weighted by molar-refractivity contribution is 5.96. The summed E-state index contributed by atoms with van der Waals surface area (Å²) in [5, 5.41) is 12.3. The highest BCUT2D eigenvalue weighted by Gasteiger charge is 2.31. The van der Waals surface area contributed by atoms with Gasteiger partial charge in [0.2, 0.25) is 5.95 Å². The maximum atomic E-state index is 12.5. The van der Waals surface area contributed by atoms with Gasteiger partial charge >= 0.3 is 5.97 Å². The smallest absolute Gasteiger partial charge is 0.341 e. The number of aliphatic imine (C=N–C) groups is 1. The van der Waals surface area contributed by atoms with Crippen molar-refractivity contribution in [2.45, 2.75) is 18.9 Å². The molecule has 1 aliphatic rings. The van der Waals surface area contributed by atoms with Gasteiger partial charge in [-0.25, -0.2) is 14.8 Å². The number of esters is 1. The maximum Gasteiger partial charge on any atom is 0.341 e. The van der Waals surface area contributed by atoms with Crippen molar-refractivity contribution in [3.05, 3.63) is 77.8 Å². The molecule has 9 heteroatoms. The van der Waals surface area contributed by atoms with Crippen molar-refractivity contribution in [2.24, 2.45) is 4.99 Å². The minimum atomic E-state index is -0.596. The average Bonchev–Trinajstić information content (AvgIpc) is 3.34. The minimum Gasteiger partial charge on any atom is -0.462 e. The van der Waals surface area contributed by atoms with E-state index in [4.69, 9.17) is 15.7 Å². The lowest BCUT2D eigenvalue weighted by Crippen LogP contribution is -2.25. The summed E-state index contributed by atoms with van der Waals surface area (Å²) in [6.45, 7) is 2.47. The van der Waals surface area contributed by atoms with E-state index >= 15 is 0 Å². The van der Waals surface area contributed by atoms with Gasteiger partial charge < -0.3 is 15.8 Å². The Bertz CT molecular complexity index is 1260. The van der Waals surface area contributed by atoms with E-state index in [-0.39, 0.29) is 12.2 Å². The molecular formula is C25H23N7O2. The number of rotatable bonds is 8. The van der Waals surface area contributed by atoms with Gasteiger partial charge in [-0.3, -0.25) is 9.98 Å². The molecule has 3 N–H and O–H groups in total. The fourth-order valence-corrected chi connectivity index (χ4v) is 3.62. The number of hydrogen-bond donors (Lipinski definition) is 2. The first-order valence-corrected chi connectivity index (χ1v) is 10.8. The van der Waals surface area contributed by atoms with Crippen molar-refractivity contribution in [3.8, 4) is 17.3 Å². The lowest BCUT2D eigenvalue weighted by atomic mass is 9.92. The summed E-state index contributed by atoms with van der Waals surface area (Å²) in [6.07, 6.45) is 9.32. The molecule has 3 aromatic rings. The summed E-state index contributed by atoms with van der Waals surface area (Å²) < 4.78 is 5.16. The highest BCUT2D eigenvalue weighted by atomic mass is 16.5. The molecule has 0 saturated carbocycles. The number of carbonyl (C=O) groups excluding carboxylic acids is 1. The Morgan fingerprint density at radius 1 is 1.18 bits per heavy atom. The summed E-state index contributed by atoms with van der Waals surface area (Å²) in [4.78, 5) is 30.4. The number of carbonyl (C=O) groups is 1. The topological polar surface area (TPSA) is 139 Å². The van der Waals surface area contributed by atoms with Gasteiger partial charge in [0.15, 0.2) is 0 Å². The monoisotopic (exact) mass is 453 g/mol. The van der Waals surface area contributed by atoms with E-state index in [0.717, 1.165) is 5.69 Å². The molecule has 1 aliphatic heterocycles. The van der Waals surface area contributed by atoms with E-state index in [0.29, 0.717) is 41.4 Å². The van der Waals surface area contributed by atoms with Crippen molar-refractivity contribution in [1.82, 2.24) is 15.0 Å². The Labute approximate surface area is 197 Å². The molecule has 0 aliphatic carbocycles. The molecule has 0 fully saturated rings. The van der Waals surface area contributed by atoms with Crippen LogP contribution < -0.4 is 11.1 Å². The van der Waals surface area contributed by atoms with Gasteiger partial charge in [-0.1, -0.05) is 12.1 Å². The maximum absolute atomic E-state index is 12.5. The Hall–Kier alpha value is -4.58. The van der Waals surface area contributed by atoms with E-state index in [1.165, 1.54) is 6.20 Å². The Kier molecular flexibility index (Phi) is 6.59. The normalized spacial score (nSPS) is 16.2. The first-order valence-electron chi connectivity index (χ1n) is 10.8. The quantitative estimate of drug-likeness (QED) is 0.494. The van der Waals surface area contributed by atoms with E-state index in [1.807, 2.05) is 18.2 Å². The Morgan fingerprint density at radius 2 is 2.00 bits per heavy atom. The number of ether oxygens (including phenoxy) is 1. The Morgan fingerprint density at radius 3 is 2.65 bits per heavy atom. The van der Waals surface area contributed by atoms with Crippen LogP contribution >= 0.6 is 0 Å². The molecular weight excluding hydrogens is 430 g/mol. The molecule has 0 radical (unpaired) electrons. The summed E-state index contributed by atoms with van der Waals surface area (Å²) in [7, 11) is 0. The first kappa shape index (κ1) is 22.6. The molecule has 34 heavy (non-hydrogen) atoms. The van der Waals surface area contributed by atoms with Crippen molar-refractivity contribution in [3.63, 3.8) is 0 Å². The minimum absolute atomic E-state index is 0.237. The zero-order chi connectivity index (χ0) is 24.0. The number of allylic oxidation sites excluding steroid dienone is 1. The van der Waals surface area contributed by atoms with Crippen LogP contribution in [0.25, 0.3) is 11.3 Å². The lowest BCUT2D eigenvalue weighted by molar-refractivity contribution is 0.0526. The second kappa shape index (κ2) is 9.92. The van der Waals surface area contributed by atoms with Crippen LogP contribution in [0.4, 0.5) is 11.6 Å². The number of hydrogen-bond acceptors (Lipinski definition) is 9. The number of nitrogens with two attached hydrogens (primary N) is 1. The van der Waals surface area contributed by atoms with Crippen LogP contribution in [0.1, 0.15) is 35.0 Å². The van der Waals surface area contributed by atoms with E-state index in [1.54, 1.807) is 49.7 Å². The third kappa shape index (κ3) is 4.76.